The highest BCUT2D eigenvalue weighted by atomic mass is 16.5. The first-order chi connectivity index (χ1) is 13.8. The molecule has 2 aromatic heterocycles. The first-order valence-corrected chi connectivity index (χ1v) is 9.25. The highest BCUT2D eigenvalue weighted by Gasteiger charge is 2.22. The molecule has 0 bridgehead atoms. The highest BCUT2D eigenvalue weighted by Crippen LogP contribution is 2.22. The van der Waals surface area contributed by atoms with Crippen LogP contribution in [0.4, 0.5) is 5.95 Å². The average Bonchev–Trinajstić information content (AvgIpc) is 3.11. The monoisotopic (exact) mass is 378 g/mol. The van der Waals surface area contributed by atoms with Crippen LogP contribution in [0.15, 0.2) is 55.1 Å². The third kappa shape index (κ3) is 3.66. The lowest BCUT2D eigenvalue weighted by molar-refractivity contribution is 0.0767. The Hall–Kier alpha value is -3.42. The van der Waals surface area contributed by atoms with Crippen LogP contribution < -0.4 is 9.64 Å². The SMILES string of the molecule is COc1ccccc1-n1cc(C(=O)N2CCCN(c3ncccn3)CC2)cn1. The number of hydrogen-bond acceptors (Lipinski definition) is 6. The molecule has 1 fully saturated rings. The molecule has 8 heteroatoms. The van der Waals surface area contributed by atoms with Crippen molar-refractivity contribution in [1.29, 1.82) is 0 Å². The topological polar surface area (TPSA) is 76.4 Å². The molecule has 1 aliphatic rings. The second-order valence-electron chi connectivity index (χ2n) is 6.53. The van der Waals surface area contributed by atoms with Crippen LogP contribution in [0, 0.1) is 0 Å². The normalized spacial score (nSPS) is 14.6. The minimum absolute atomic E-state index is 0.0167. The fraction of sp³-hybridized carbons (Fsp3) is 0.300. The molecule has 0 aliphatic carbocycles. The Morgan fingerprint density at radius 1 is 1.04 bits per heavy atom. The molecule has 1 amide bonds. The Bertz CT molecular complexity index is 943. The lowest BCUT2D eigenvalue weighted by Gasteiger charge is -2.21. The Morgan fingerprint density at radius 3 is 2.68 bits per heavy atom. The minimum atomic E-state index is -0.0167. The van der Waals surface area contributed by atoms with E-state index in [4.69, 9.17) is 4.74 Å². The molecule has 3 heterocycles. The van der Waals surface area contributed by atoms with Gasteiger partial charge in [-0.05, 0) is 24.6 Å². The van der Waals surface area contributed by atoms with E-state index < -0.39 is 0 Å². The van der Waals surface area contributed by atoms with E-state index in [0.717, 1.165) is 18.7 Å². The van der Waals surface area contributed by atoms with E-state index in [1.54, 1.807) is 42.6 Å². The van der Waals surface area contributed by atoms with Gasteiger partial charge in [-0.25, -0.2) is 14.6 Å². The third-order valence-electron chi connectivity index (χ3n) is 4.78. The summed E-state index contributed by atoms with van der Waals surface area (Å²) in [7, 11) is 1.62. The van der Waals surface area contributed by atoms with Gasteiger partial charge in [0.25, 0.3) is 5.91 Å². The standard InChI is InChI=1S/C20H22N6O2/c1-28-18-7-3-2-6-17(18)26-15-16(14-23-26)19(27)24-10-5-11-25(13-12-24)20-21-8-4-9-22-20/h2-4,6-9,14-15H,5,10-13H2,1H3. The molecule has 0 N–H and O–H groups in total. The maximum absolute atomic E-state index is 13.0. The number of anilines is 1. The van der Waals surface area contributed by atoms with Crippen molar-refractivity contribution in [2.45, 2.75) is 6.42 Å². The molecule has 8 nitrogen and oxygen atoms in total. The number of methoxy groups -OCH3 is 1. The van der Waals surface area contributed by atoms with E-state index in [9.17, 15) is 4.79 Å². The molecule has 0 atom stereocenters. The van der Waals surface area contributed by atoms with Crippen LogP contribution in [0.1, 0.15) is 16.8 Å². The van der Waals surface area contributed by atoms with E-state index in [-0.39, 0.29) is 5.91 Å². The average molecular weight is 378 g/mol. The molecule has 0 radical (unpaired) electrons. The summed E-state index contributed by atoms with van der Waals surface area (Å²) in [5.41, 5.74) is 1.36. The van der Waals surface area contributed by atoms with E-state index in [2.05, 4.69) is 20.0 Å². The van der Waals surface area contributed by atoms with Crippen LogP contribution in [0.3, 0.4) is 0 Å². The summed E-state index contributed by atoms with van der Waals surface area (Å²) in [6.07, 6.45) is 7.70. The Kier molecular flexibility index (Phi) is 5.18. The number of benzene rings is 1. The summed E-state index contributed by atoms with van der Waals surface area (Å²) in [5.74, 6) is 1.40. The molecule has 1 aliphatic heterocycles. The molecule has 144 valence electrons. The van der Waals surface area contributed by atoms with Gasteiger partial charge in [-0.2, -0.15) is 5.10 Å². The Balaban J connectivity index is 1.47. The van der Waals surface area contributed by atoms with Crippen LogP contribution in [-0.2, 0) is 0 Å². The number of carbonyl (C=O) groups is 1. The van der Waals surface area contributed by atoms with Gasteiger partial charge in [0.1, 0.15) is 11.4 Å². The van der Waals surface area contributed by atoms with Crippen LogP contribution >= 0.6 is 0 Å². The summed E-state index contributed by atoms with van der Waals surface area (Å²) in [5, 5.41) is 4.36. The van der Waals surface area contributed by atoms with Crippen molar-refractivity contribution < 1.29 is 9.53 Å². The molecule has 1 saturated heterocycles. The lowest BCUT2D eigenvalue weighted by Crippen LogP contribution is -2.35. The first-order valence-electron chi connectivity index (χ1n) is 9.25. The van der Waals surface area contributed by atoms with E-state index in [1.807, 2.05) is 29.2 Å². The summed E-state index contributed by atoms with van der Waals surface area (Å²) < 4.78 is 7.06. The number of nitrogens with zero attached hydrogens (tertiary/aromatic N) is 6. The number of amides is 1. The van der Waals surface area contributed by atoms with Crippen molar-refractivity contribution in [3.63, 3.8) is 0 Å². The molecule has 0 spiro atoms. The van der Waals surface area contributed by atoms with Crippen LogP contribution in [0.25, 0.3) is 5.69 Å². The number of ether oxygens (including phenoxy) is 1. The minimum Gasteiger partial charge on any atom is -0.494 e. The number of hydrogen-bond donors (Lipinski definition) is 0. The van der Waals surface area contributed by atoms with Gasteiger partial charge < -0.3 is 14.5 Å². The molecule has 4 rings (SSSR count). The van der Waals surface area contributed by atoms with Crippen molar-refractivity contribution in [2.75, 3.05) is 38.2 Å². The largest absolute Gasteiger partial charge is 0.494 e. The zero-order valence-electron chi connectivity index (χ0n) is 15.7. The van der Waals surface area contributed by atoms with Gasteiger partial charge in [-0.15, -0.1) is 0 Å². The van der Waals surface area contributed by atoms with Gasteiger partial charge in [-0.1, -0.05) is 12.1 Å². The number of carbonyl (C=O) groups excluding carboxylic acids is 1. The Labute approximate surface area is 163 Å². The van der Waals surface area contributed by atoms with Crippen molar-refractivity contribution in [3.8, 4) is 11.4 Å². The maximum Gasteiger partial charge on any atom is 0.257 e. The van der Waals surface area contributed by atoms with Gasteiger partial charge in [0.05, 0.1) is 18.9 Å². The van der Waals surface area contributed by atoms with Crippen LogP contribution in [-0.4, -0.2) is 63.8 Å². The molecule has 28 heavy (non-hydrogen) atoms. The summed E-state index contributed by atoms with van der Waals surface area (Å²) >= 11 is 0. The quantitative estimate of drug-likeness (QED) is 0.691. The Morgan fingerprint density at radius 2 is 1.86 bits per heavy atom. The van der Waals surface area contributed by atoms with Crippen molar-refractivity contribution in [2.24, 2.45) is 0 Å². The smallest absolute Gasteiger partial charge is 0.257 e. The predicted octanol–water partition coefficient (Wildman–Crippen LogP) is 2.02. The summed E-state index contributed by atoms with van der Waals surface area (Å²) in [6, 6.07) is 9.39. The molecular weight excluding hydrogens is 356 g/mol. The summed E-state index contributed by atoms with van der Waals surface area (Å²) in [4.78, 5) is 25.6. The van der Waals surface area contributed by atoms with Gasteiger partial charge >= 0.3 is 0 Å². The molecule has 1 aromatic carbocycles. The van der Waals surface area contributed by atoms with Gasteiger partial charge in [0.2, 0.25) is 5.95 Å². The van der Waals surface area contributed by atoms with Gasteiger partial charge in [0, 0.05) is 44.8 Å². The zero-order valence-corrected chi connectivity index (χ0v) is 15.7. The van der Waals surface area contributed by atoms with Gasteiger partial charge in [-0.3, -0.25) is 4.79 Å². The maximum atomic E-state index is 13.0. The van der Waals surface area contributed by atoms with Crippen molar-refractivity contribution >= 4 is 11.9 Å². The fourth-order valence-electron chi connectivity index (χ4n) is 3.34. The first kappa shape index (κ1) is 18.0. The van der Waals surface area contributed by atoms with Crippen LogP contribution in [0.2, 0.25) is 0 Å². The van der Waals surface area contributed by atoms with Crippen molar-refractivity contribution in [3.05, 3.63) is 60.7 Å². The van der Waals surface area contributed by atoms with Crippen LogP contribution in [0.5, 0.6) is 5.75 Å². The second-order valence-corrected chi connectivity index (χ2v) is 6.53. The molecular formula is C20H22N6O2. The molecule has 0 unspecified atom stereocenters. The van der Waals surface area contributed by atoms with E-state index >= 15 is 0 Å². The highest BCUT2D eigenvalue weighted by molar-refractivity contribution is 5.94. The predicted molar refractivity (Wildman–Crippen MR) is 105 cm³/mol. The van der Waals surface area contributed by atoms with E-state index in [0.29, 0.717) is 36.9 Å². The number of rotatable bonds is 4. The van der Waals surface area contributed by atoms with Gasteiger partial charge in [0.15, 0.2) is 0 Å². The number of para-hydroxylation sites is 2. The second kappa shape index (κ2) is 8.08. The molecule has 3 aromatic rings. The summed E-state index contributed by atoms with van der Waals surface area (Å²) in [6.45, 7) is 2.85. The molecule has 0 saturated carbocycles. The number of aromatic nitrogens is 4. The fourth-order valence-corrected chi connectivity index (χ4v) is 3.34. The lowest BCUT2D eigenvalue weighted by atomic mass is 10.2. The van der Waals surface area contributed by atoms with Crippen molar-refractivity contribution in [1.82, 2.24) is 24.6 Å². The zero-order chi connectivity index (χ0) is 19.3. The third-order valence-corrected chi connectivity index (χ3v) is 4.78. The van der Waals surface area contributed by atoms with E-state index in [1.165, 1.54) is 0 Å².